The summed E-state index contributed by atoms with van der Waals surface area (Å²) in [6, 6.07) is 8.51. The molecule has 0 nitrogen and oxygen atoms in total. The van der Waals surface area contributed by atoms with E-state index in [4.69, 9.17) is 0 Å². The van der Waals surface area contributed by atoms with Gasteiger partial charge < -0.3 is 0 Å². The first-order chi connectivity index (χ1) is 6.79. The lowest BCUT2D eigenvalue weighted by Gasteiger charge is -2.06. The van der Waals surface area contributed by atoms with E-state index in [-0.39, 0.29) is 0 Å². The fraction of sp³-hybridized carbons (Fsp3) is 0.429. The van der Waals surface area contributed by atoms with Crippen LogP contribution < -0.4 is 0 Å². The van der Waals surface area contributed by atoms with Crippen molar-refractivity contribution in [3.05, 3.63) is 42.0 Å². The van der Waals surface area contributed by atoms with E-state index in [9.17, 15) is 0 Å². The minimum Gasteiger partial charge on any atom is -0.0949 e. The molecule has 1 aromatic rings. The number of rotatable bonds is 2. The zero-order chi connectivity index (χ0) is 10.6. The predicted molar refractivity (Wildman–Crippen MR) is 64.3 cm³/mol. The molecule has 14 heavy (non-hydrogen) atoms. The van der Waals surface area contributed by atoms with Crippen molar-refractivity contribution < 1.29 is 0 Å². The maximum atomic E-state index is 4.15. The molecular weight excluding hydrogens is 168 g/mol. The fourth-order valence-corrected chi connectivity index (χ4v) is 1.58. The monoisotopic (exact) mass is 188 g/mol. The second kappa shape index (κ2) is 4.99. The minimum atomic E-state index is 0.783. The van der Waals surface area contributed by atoms with Crippen LogP contribution in [-0.4, -0.2) is 0 Å². The third-order valence-corrected chi connectivity index (χ3v) is 2.56. The molecule has 0 saturated heterocycles. The van der Waals surface area contributed by atoms with Crippen LogP contribution in [0.5, 0.6) is 0 Å². The van der Waals surface area contributed by atoms with Gasteiger partial charge in [-0.3, -0.25) is 0 Å². The smallest absolute Gasteiger partial charge is 0.0161 e. The first kappa shape index (κ1) is 11.0. The molecule has 0 unspecified atom stereocenters. The van der Waals surface area contributed by atoms with Crippen molar-refractivity contribution in [1.29, 1.82) is 0 Å². The van der Waals surface area contributed by atoms with Gasteiger partial charge in [0.15, 0.2) is 0 Å². The summed E-state index contributed by atoms with van der Waals surface area (Å²) < 4.78 is 0. The average molecular weight is 188 g/mol. The van der Waals surface area contributed by atoms with E-state index in [1.165, 1.54) is 29.5 Å². The summed E-state index contributed by atoms with van der Waals surface area (Å²) in [5.74, 6) is 0.783. The van der Waals surface area contributed by atoms with Gasteiger partial charge >= 0.3 is 0 Å². The van der Waals surface area contributed by atoms with Crippen LogP contribution in [0.4, 0.5) is 0 Å². The summed E-state index contributed by atoms with van der Waals surface area (Å²) in [6.07, 6.45) is 2.68. The summed E-state index contributed by atoms with van der Waals surface area (Å²) in [7, 11) is 0. The van der Waals surface area contributed by atoms with Crippen molar-refractivity contribution in [3.8, 4) is 0 Å². The van der Waals surface area contributed by atoms with Crippen molar-refractivity contribution >= 4 is 5.57 Å². The molecule has 0 radical (unpaired) electrons. The molecule has 0 heterocycles. The van der Waals surface area contributed by atoms with Gasteiger partial charge in [-0.25, -0.2) is 0 Å². The highest BCUT2D eigenvalue weighted by molar-refractivity contribution is 5.69. The normalized spacial score (nSPS) is 14.2. The maximum Gasteiger partial charge on any atom is -0.0161 e. The third-order valence-electron chi connectivity index (χ3n) is 2.56. The molecule has 1 aromatic carbocycles. The lowest BCUT2D eigenvalue weighted by atomic mass is 9.99. The van der Waals surface area contributed by atoms with Gasteiger partial charge in [0.2, 0.25) is 0 Å². The van der Waals surface area contributed by atoms with Gasteiger partial charge in [-0.2, -0.15) is 0 Å². The Balaban J connectivity index is 0.000000461. The second-order valence-corrected chi connectivity index (χ2v) is 3.61. The molecule has 2 rings (SSSR count). The molecule has 0 spiro atoms. The Hall–Kier alpha value is -1.04. The predicted octanol–water partition coefficient (Wildman–Crippen LogP) is 4.44. The molecule has 0 amide bonds. The SMILES string of the molecule is C=C(c1ccccc1C)C1CC1.CC. The van der Waals surface area contributed by atoms with Crippen molar-refractivity contribution in [2.45, 2.75) is 33.6 Å². The number of aryl methyl sites for hydroxylation is 1. The van der Waals surface area contributed by atoms with E-state index < -0.39 is 0 Å². The van der Waals surface area contributed by atoms with Gasteiger partial charge in [-0.1, -0.05) is 44.7 Å². The van der Waals surface area contributed by atoms with Crippen LogP contribution in [0.25, 0.3) is 5.57 Å². The fourth-order valence-electron chi connectivity index (χ4n) is 1.58. The van der Waals surface area contributed by atoms with E-state index in [1.54, 1.807) is 0 Å². The van der Waals surface area contributed by atoms with E-state index in [2.05, 4.69) is 37.8 Å². The first-order valence-corrected chi connectivity index (χ1v) is 5.54. The summed E-state index contributed by atoms with van der Waals surface area (Å²) in [6.45, 7) is 10.3. The molecule has 1 aliphatic rings. The Labute approximate surface area is 87.7 Å². The molecule has 1 aliphatic carbocycles. The van der Waals surface area contributed by atoms with Crippen LogP contribution >= 0.6 is 0 Å². The molecule has 0 N–H and O–H groups in total. The van der Waals surface area contributed by atoms with Crippen LogP contribution in [-0.2, 0) is 0 Å². The standard InChI is InChI=1S/C12H14.C2H6/c1-9-5-3-4-6-12(9)10(2)11-7-8-11;1-2/h3-6,11H,2,7-8H2,1H3;1-2H3. The molecule has 76 valence electrons. The van der Waals surface area contributed by atoms with Gasteiger partial charge in [-0.05, 0) is 42.4 Å². The Morgan fingerprint density at radius 1 is 1.21 bits per heavy atom. The van der Waals surface area contributed by atoms with E-state index in [0.717, 1.165) is 5.92 Å². The van der Waals surface area contributed by atoms with Crippen LogP contribution in [0.3, 0.4) is 0 Å². The van der Waals surface area contributed by atoms with Crippen LogP contribution in [0.15, 0.2) is 30.8 Å². The largest absolute Gasteiger partial charge is 0.0949 e. The Kier molecular flexibility index (Phi) is 3.94. The van der Waals surface area contributed by atoms with Crippen molar-refractivity contribution in [3.63, 3.8) is 0 Å². The van der Waals surface area contributed by atoms with Crippen LogP contribution in [0, 0.1) is 12.8 Å². The Bertz CT molecular complexity index is 306. The number of allylic oxidation sites excluding steroid dienone is 1. The Morgan fingerprint density at radius 3 is 2.29 bits per heavy atom. The lowest BCUT2D eigenvalue weighted by Crippen LogP contribution is -1.88. The van der Waals surface area contributed by atoms with Crippen LogP contribution in [0.1, 0.15) is 37.8 Å². The quantitative estimate of drug-likeness (QED) is 0.643. The van der Waals surface area contributed by atoms with Crippen molar-refractivity contribution in [2.24, 2.45) is 5.92 Å². The van der Waals surface area contributed by atoms with Gasteiger partial charge in [0, 0.05) is 0 Å². The summed E-state index contributed by atoms with van der Waals surface area (Å²) in [4.78, 5) is 0. The van der Waals surface area contributed by atoms with Crippen LogP contribution in [0.2, 0.25) is 0 Å². The highest BCUT2D eigenvalue weighted by Gasteiger charge is 2.25. The average Bonchev–Trinajstić information content (AvgIpc) is 3.04. The van der Waals surface area contributed by atoms with Gasteiger partial charge in [-0.15, -0.1) is 0 Å². The van der Waals surface area contributed by atoms with E-state index >= 15 is 0 Å². The second-order valence-electron chi connectivity index (χ2n) is 3.61. The molecule has 0 heteroatoms. The van der Waals surface area contributed by atoms with Gasteiger partial charge in [0.05, 0.1) is 0 Å². The maximum absolute atomic E-state index is 4.15. The van der Waals surface area contributed by atoms with E-state index in [0.29, 0.717) is 0 Å². The molecule has 0 aliphatic heterocycles. The molecule has 1 fully saturated rings. The summed E-state index contributed by atoms with van der Waals surface area (Å²) in [5, 5.41) is 0. The highest BCUT2D eigenvalue weighted by Crippen LogP contribution is 2.41. The van der Waals surface area contributed by atoms with Gasteiger partial charge in [0.25, 0.3) is 0 Å². The number of benzene rings is 1. The molecule has 1 saturated carbocycles. The molecule has 0 bridgehead atoms. The molecule has 0 aromatic heterocycles. The zero-order valence-corrected chi connectivity index (χ0v) is 9.51. The Morgan fingerprint density at radius 2 is 1.79 bits per heavy atom. The van der Waals surface area contributed by atoms with Crippen molar-refractivity contribution in [2.75, 3.05) is 0 Å². The van der Waals surface area contributed by atoms with Gasteiger partial charge in [0.1, 0.15) is 0 Å². The van der Waals surface area contributed by atoms with Crippen molar-refractivity contribution in [1.82, 2.24) is 0 Å². The van der Waals surface area contributed by atoms with E-state index in [1.807, 2.05) is 13.8 Å². The lowest BCUT2D eigenvalue weighted by molar-refractivity contribution is 1.14. The highest BCUT2D eigenvalue weighted by atomic mass is 14.3. The minimum absolute atomic E-state index is 0.783. The number of hydrogen-bond donors (Lipinski definition) is 0. The summed E-state index contributed by atoms with van der Waals surface area (Å²) in [5.41, 5.74) is 4.06. The topological polar surface area (TPSA) is 0 Å². The molecular formula is C14H20. The first-order valence-electron chi connectivity index (χ1n) is 5.54. The molecule has 0 atom stereocenters. The third kappa shape index (κ3) is 2.47. The zero-order valence-electron chi connectivity index (χ0n) is 9.51. The summed E-state index contributed by atoms with van der Waals surface area (Å²) >= 11 is 0. The number of hydrogen-bond acceptors (Lipinski definition) is 0.